The van der Waals surface area contributed by atoms with Crippen molar-refractivity contribution in [1.29, 1.82) is 5.26 Å². The Morgan fingerprint density at radius 3 is 2.75 bits per heavy atom. The molecule has 0 aliphatic heterocycles. The van der Waals surface area contributed by atoms with Crippen molar-refractivity contribution in [1.82, 2.24) is 5.32 Å². The lowest BCUT2D eigenvalue weighted by Crippen LogP contribution is -2.15. The number of benzene rings is 1. The standard InChI is InChI=1S/C12H14F2N2/c13-11-5-4-10(12(14)8-11)9-16-7-3-1-2-6-15/h4-5,8,16H,1-3,7,9H2. The lowest BCUT2D eigenvalue weighted by Gasteiger charge is -2.05. The van der Waals surface area contributed by atoms with E-state index in [2.05, 4.69) is 11.4 Å². The molecule has 0 amide bonds. The highest BCUT2D eigenvalue weighted by Gasteiger charge is 2.02. The van der Waals surface area contributed by atoms with Gasteiger partial charge in [0.25, 0.3) is 0 Å². The van der Waals surface area contributed by atoms with Gasteiger partial charge < -0.3 is 5.32 Å². The van der Waals surface area contributed by atoms with Gasteiger partial charge >= 0.3 is 0 Å². The molecular formula is C12H14F2N2. The minimum atomic E-state index is -0.560. The molecule has 86 valence electrons. The van der Waals surface area contributed by atoms with E-state index in [9.17, 15) is 8.78 Å². The Labute approximate surface area is 93.9 Å². The molecule has 0 fully saturated rings. The van der Waals surface area contributed by atoms with Crippen molar-refractivity contribution in [2.45, 2.75) is 25.8 Å². The zero-order valence-electron chi connectivity index (χ0n) is 8.97. The SMILES string of the molecule is N#CCCCCNCc1ccc(F)cc1F. The highest BCUT2D eigenvalue weighted by atomic mass is 19.1. The maximum atomic E-state index is 13.2. The van der Waals surface area contributed by atoms with Gasteiger partial charge in [-0.05, 0) is 25.5 Å². The molecule has 1 aromatic rings. The van der Waals surface area contributed by atoms with Gasteiger partial charge in [-0.15, -0.1) is 0 Å². The fourth-order valence-electron chi connectivity index (χ4n) is 1.34. The molecule has 0 saturated carbocycles. The first-order valence-corrected chi connectivity index (χ1v) is 5.25. The summed E-state index contributed by atoms with van der Waals surface area (Å²) in [5.41, 5.74) is 0.460. The van der Waals surface area contributed by atoms with Crippen molar-refractivity contribution in [3.63, 3.8) is 0 Å². The average molecular weight is 224 g/mol. The van der Waals surface area contributed by atoms with Gasteiger partial charge in [-0.3, -0.25) is 0 Å². The predicted octanol–water partition coefficient (Wildman–Crippen LogP) is 2.75. The molecule has 0 aromatic heterocycles. The van der Waals surface area contributed by atoms with Gasteiger partial charge in [-0.1, -0.05) is 6.07 Å². The molecule has 4 heteroatoms. The van der Waals surface area contributed by atoms with Gasteiger partial charge in [0.2, 0.25) is 0 Å². The summed E-state index contributed by atoms with van der Waals surface area (Å²) in [7, 11) is 0. The number of nitrogens with zero attached hydrogens (tertiary/aromatic N) is 1. The maximum Gasteiger partial charge on any atom is 0.130 e. The van der Waals surface area contributed by atoms with Crippen LogP contribution in [0.4, 0.5) is 8.78 Å². The predicted molar refractivity (Wildman–Crippen MR) is 57.5 cm³/mol. The number of halogens is 2. The van der Waals surface area contributed by atoms with Crippen molar-refractivity contribution in [3.8, 4) is 6.07 Å². The van der Waals surface area contributed by atoms with E-state index in [0.717, 1.165) is 25.5 Å². The van der Waals surface area contributed by atoms with E-state index < -0.39 is 11.6 Å². The molecule has 0 radical (unpaired) electrons. The molecule has 0 bridgehead atoms. The second-order valence-electron chi connectivity index (χ2n) is 3.53. The molecule has 0 atom stereocenters. The summed E-state index contributed by atoms with van der Waals surface area (Å²) in [5.74, 6) is -1.08. The summed E-state index contributed by atoms with van der Waals surface area (Å²) in [6, 6.07) is 5.63. The van der Waals surface area contributed by atoms with Crippen LogP contribution in [-0.2, 0) is 6.54 Å². The van der Waals surface area contributed by atoms with Crippen LogP contribution in [-0.4, -0.2) is 6.54 Å². The van der Waals surface area contributed by atoms with Gasteiger partial charge in [0.15, 0.2) is 0 Å². The number of hydrogen-bond acceptors (Lipinski definition) is 2. The Hall–Kier alpha value is -1.47. The summed E-state index contributed by atoms with van der Waals surface area (Å²) < 4.78 is 25.7. The third-order valence-electron chi connectivity index (χ3n) is 2.22. The van der Waals surface area contributed by atoms with Gasteiger partial charge in [0.05, 0.1) is 6.07 Å². The van der Waals surface area contributed by atoms with E-state index in [4.69, 9.17) is 5.26 Å². The second-order valence-corrected chi connectivity index (χ2v) is 3.53. The van der Waals surface area contributed by atoms with Crippen LogP contribution < -0.4 is 5.32 Å². The quantitative estimate of drug-likeness (QED) is 0.754. The van der Waals surface area contributed by atoms with Gasteiger partial charge in [-0.2, -0.15) is 5.26 Å². The van der Waals surface area contributed by atoms with Crippen LogP contribution in [0.1, 0.15) is 24.8 Å². The molecule has 0 aliphatic carbocycles. The van der Waals surface area contributed by atoms with Crippen LogP contribution >= 0.6 is 0 Å². The summed E-state index contributed by atoms with van der Waals surface area (Å²) in [5, 5.41) is 11.4. The third-order valence-corrected chi connectivity index (χ3v) is 2.22. The van der Waals surface area contributed by atoms with E-state index in [1.54, 1.807) is 0 Å². The summed E-state index contributed by atoms with van der Waals surface area (Å²) in [4.78, 5) is 0. The number of nitriles is 1. The first kappa shape index (κ1) is 12.6. The molecule has 16 heavy (non-hydrogen) atoms. The van der Waals surface area contributed by atoms with Crippen molar-refractivity contribution < 1.29 is 8.78 Å². The third kappa shape index (κ3) is 4.37. The molecular weight excluding hydrogens is 210 g/mol. The largest absolute Gasteiger partial charge is 0.313 e. The molecule has 2 nitrogen and oxygen atoms in total. The number of nitrogens with one attached hydrogen (secondary N) is 1. The van der Waals surface area contributed by atoms with Crippen LogP contribution in [0.2, 0.25) is 0 Å². The monoisotopic (exact) mass is 224 g/mol. The normalized spacial score (nSPS) is 10.1. The minimum Gasteiger partial charge on any atom is -0.313 e. The van der Waals surface area contributed by atoms with E-state index in [0.29, 0.717) is 18.5 Å². The van der Waals surface area contributed by atoms with E-state index in [1.165, 1.54) is 12.1 Å². The van der Waals surface area contributed by atoms with Crippen LogP contribution in [0.5, 0.6) is 0 Å². The Morgan fingerprint density at radius 2 is 2.06 bits per heavy atom. The average Bonchev–Trinajstić information content (AvgIpc) is 2.26. The molecule has 1 aromatic carbocycles. The van der Waals surface area contributed by atoms with Crippen molar-refractivity contribution in [3.05, 3.63) is 35.4 Å². The smallest absolute Gasteiger partial charge is 0.130 e. The van der Waals surface area contributed by atoms with E-state index >= 15 is 0 Å². The van der Waals surface area contributed by atoms with Crippen molar-refractivity contribution in [2.75, 3.05) is 6.54 Å². The highest BCUT2D eigenvalue weighted by Crippen LogP contribution is 2.08. The summed E-state index contributed by atoms with van der Waals surface area (Å²) in [6.45, 7) is 1.12. The molecule has 0 unspecified atom stereocenters. The fraction of sp³-hybridized carbons (Fsp3) is 0.417. The molecule has 1 rings (SSSR count). The molecule has 1 N–H and O–H groups in total. The van der Waals surface area contributed by atoms with E-state index in [1.807, 2.05) is 0 Å². The summed E-state index contributed by atoms with van der Waals surface area (Å²) >= 11 is 0. The highest BCUT2D eigenvalue weighted by molar-refractivity contribution is 5.18. The maximum absolute atomic E-state index is 13.2. The van der Waals surface area contributed by atoms with E-state index in [-0.39, 0.29) is 0 Å². The lowest BCUT2D eigenvalue weighted by atomic mass is 10.2. The van der Waals surface area contributed by atoms with Gasteiger partial charge in [0, 0.05) is 24.6 Å². The van der Waals surface area contributed by atoms with Crippen LogP contribution in [0.25, 0.3) is 0 Å². The zero-order valence-corrected chi connectivity index (χ0v) is 8.97. The Kier molecular flexibility index (Phi) is 5.44. The van der Waals surface area contributed by atoms with Crippen molar-refractivity contribution >= 4 is 0 Å². The number of unbranched alkanes of at least 4 members (excludes halogenated alkanes) is 2. The Morgan fingerprint density at radius 1 is 1.25 bits per heavy atom. The van der Waals surface area contributed by atoms with Crippen LogP contribution in [0.3, 0.4) is 0 Å². The number of rotatable bonds is 6. The lowest BCUT2D eigenvalue weighted by molar-refractivity contribution is 0.555. The topological polar surface area (TPSA) is 35.8 Å². The Bertz CT molecular complexity index is 372. The summed E-state index contributed by atoms with van der Waals surface area (Å²) in [6.07, 6.45) is 2.28. The van der Waals surface area contributed by atoms with Crippen LogP contribution in [0.15, 0.2) is 18.2 Å². The van der Waals surface area contributed by atoms with Gasteiger partial charge in [-0.25, -0.2) is 8.78 Å². The molecule has 0 saturated heterocycles. The minimum absolute atomic E-state index is 0.388. The molecule has 0 aliphatic rings. The fourth-order valence-corrected chi connectivity index (χ4v) is 1.34. The van der Waals surface area contributed by atoms with Crippen molar-refractivity contribution in [2.24, 2.45) is 0 Å². The first-order valence-electron chi connectivity index (χ1n) is 5.25. The second kappa shape index (κ2) is 6.91. The Balaban J connectivity index is 2.25. The van der Waals surface area contributed by atoms with Gasteiger partial charge in [0.1, 0.15) is 11.6 Å². The first-order chi connectivity index (χ1) is 7.74. The number of hydrogen-bond donors (Lipinski definition) is 1. The van der Waals surface area contributed by atoms with Crippen LogP contribution in [0, 0.1) is 23.0 Å². The molecule has 0 spiro atoms. The zero-order chi connectivity index (χ0) is 11.8. The molecule has 0 heterocycles.